The van der Waals surface area contributed by atoms with Crippen molar-refractivity contribution in [3.05, 3.63) is 0 Å². The van der Waals surface area contributed by atoms with Crippen molar-refractivity contribution in [3.8, 4) is 0 Å². The zero-order valence-electron chi connectivity index (χ0n) is 20.5. The molecule has 1 aliphatic heterocycles. The molecule has 6 nitrogen and oxygen atoms in total. The first-order valence-electron chi connectivity index (χ1n) is 12.4. The zero-order valence-corrected chi connectivity index (χ0v) is 21.3. The van der Waals surface area contributed by atoms with Crippen molar-refractivity contribution in [2.45, 2.75) is 128 Å². The summed E-state index contributed by atoms with van der Waals surface area (Å²) in [4.78, 5) is 15.0. The monoisotopic (exact) mass is 459 g/mol. The number of amides is 1. The molecule has 0 aromatic carbocycles. The second-order valence-electron chi connectivity index (χ2n) is 10.6. The van der Waals surface area contributed by atoms with E-state index in [0.29, 0.717) is 5.92 Å². The molecule has 0 radical (unpaired) electrons. The number of unbranched alkanes of at least 4 members (excludes halogenated alkanes) is 3. The lowest BCUT2D eigenvalue weighted by atomic mass is 9.69. The lowest BCUT2D eigenvalue weighted by Crippen LogP contribution is -2.55. The van der Waals surface area contributed by atoms with Crippen LogP contribution in [0.15, 0.2) is 0 Å². The first kappa shape index (κ1) is 26.4. The molecule has 0 aromatic rings. The molecule has 1 amide bonds. The average Bonchev–Trinajstić information content (AvgIpc) is 3.06. The highest BCUT2D eigenvalue weighted by Gasteiger charge is 2.50. The molecule has 1 spiro atoms. The highest BCUT2D eigenvalue weighted by Crippen LogP contribution is 2.48. The predicted molar refractivity (Wildman–Crippen MR) is 125 cm³/mol. The van der Waals surface area contributed by atoms with Crippen LogP contribution < -0.4 is 0 Å². The van der Waals surface area contributed by atoms with Gasteiger partial charge in [-0.05, 0) is 71.6 Å². The van der Waals surface area contributed by atoms with Gasteiger partial charge in [-0.2, -0.15) is 8.42 Å². The molecule has 182 valence electrons. The van der Waals surface area contributed by atoms with Crippen molar-refractivity contribution >= 4 is 16.2 Å². The van der Waals surface area contributed by atoms with Gasteiger partial charge in [-0.1, -0.05) is 45.4 Å². The van der Waals surface area contributed by atoms with Crippen LogP contribution in [0.2, 0.25) is 0 Å². The van der Waals surface area contributed by atoms with E-state index in [0.717, 1.165) is 83.4 Å². The summed E-state index contributed by atoms with van der Waals surface area (Å²) >= 11 is 0. The Morgan fingerprint density at radius 3 is 2.45 bits per heavy atom. The van der Waals surface area contributed by atoms with E-state index in [4.69, 9.17) is 8.92 Å². The minimum Gasteiger partial charge on any atom is -0.444 e. The Bertz CT molecular complexity index is 672. The van der Waals surface area contributed by atoms with E-state index < -0.39 is 15.7 Å². The number of carbonyl (C=O) groups excluding carboxylic acids is 1. The Balaban J connectivity index is 2.08. The fourth-order valence-corrected chi connectivity index (χ4v) is 6.24. The zero-order chi connectivity index (χ0) is 23.1. The maximum atomic E-state index is 13.0. The van der Waals surface area contributed by atoms with Crippen molar-refractivity contribution in [1.82, 2.24) is 4.90 Å². The number of likely N-dealkylation sites (tertiary alicyclic amines) is 1. The molecule has 0 unspecified atom stereocenters. The topological polar surface area (TPSA) is 72.9 Å². The van der Waals surface area contributed by atoms with Crippen LogP contribution in [0.1, 0.15) is 111 Å². The largest absolute Gasteiger partial charge is 0.444 e. The van der Waals surface area contributed by atoms with Crippen LogP contribution in [0, 0.1) is 5.92 Å². The Kier molecular flexibility index (Phi) is 9.68. The van der Waals surface area contributed by atoms with Crippen molar-refractivity contribution in [1.29, 1.82) is 0 Å². The lowest BCUT2D eigenvalue weighted by Gasteiger charge is -2.48. The molecule has 31 heavy (non-hydrogen) atoms. The van der Waals surface area contributed by atoms with E-state index in [2.05, 4.69) is 6.92 Å². The molecule has 0 N–H and O–H groups in total. The third kappa shape index (κ3) is 8.23. The van der Waals surface area contributed by atoms with Crippen LogP contribution in [-0.2, 0) is 19.0 Å². The van der Waals surface area contributed by atoms with Gasteiger partial charge in [0.1, 0.15) is 5.60 Å². The number of nitrogens with zero attached hydrogens (tertiary/aromatic N) is 1. The molecule has 1 saturated heterocycles. The second kappa shape index (κ2) is 11.4. The van der Waals surface area contributed by atoms with Gasteiger partial charge in [0.15, 0.2) is 0 Å². The first-order chi connectivity index (χ1) is 14.5. The summed E-state index contributed by atoms with van der Waals surface area (Å²) in [5.41, 5.74) is -0.642. The van der Waals surface area contributed by atoms with Crippen LogP contribution in [0.5, 0.6) is 0 Å². The minimum atomic E-state index is -3.48. The van der Waals surface area contributed by atoms with Gasteiger partial charge in [0.2, 0.25) is 0 Å². The van der Waals surface area contributed by atoms with Gasteiger partial charge in [-0.15, -0.1) is 0 Å². The number of hydrogen-bond acceptors (Lipinski definition) is 5. The summed E-state index contributed by atoms with van der Waals surface area (Å²) in [5.74, 6) is 0.373. The van der Waals surface area contributed by atoms with E-state index in [1.54, 1.807) is 0 Å². The fourth-order valence-electron chi connectivity index (χ4n) is 5.56. The van der Waals surface area contributed by atoms with Gasteiger partial charge < -0.3 is 9.64 Å². The standard InChI is InChI=1S/C24H45NO5S/c1-6-7-8-9-14-21(30-31(5,27)28)16-15-20-13-10-11-17-24(20)18-12-19-25(24)22(26)29-23(2,3)4/h20-21H,6-19H2,1-5H3/t20-,21-,24-/m0/s1. The lowest BCUT2D eigenvalue weighted by molar-refractivity contribution is -0.0193. The van der Waals surface area contributed by atoms with Crippen LogP contribution in [0.25, 0.3) is 0 Å². The van der Waals surface area contributed by atoms with E-state index in [1.165, 1.54) is 12.8 Å². The molecule has 3 atom stereocenters. The highest BCUT2D eigenvalue weighted by atomic mass is 32.2. The first-order valence-corrected chi connectivity index (χ1v) is 14.2. The smallest absolute Gasteiger partial charge is 0.410 e. The van der Waals surface area contributed by atoms with Crippen LogP contribution in [0.4, 0.5) is 4.79 Å². The molecular weight excluding hydrogens is 414 g/mol. The summed E-state index contributed by atoms with van der Waals surface area (Å²) in [6.07, 6.45) is 14.0. The Morgan fingerprint density at radius 2 is 1.81 bits per heavy atom. The van der Waals surface area contributed by atoms with E-state index in [1.807, 2.05) is 25.7 Å². The SMILES string of the molecule is CCCCCC[C@@H](CC[C@@H]1CCCC[C@]12CCCN2C(=O)OC(C)(C)C)OS(C)(=O)=O. The Hall–Kier alpha value is -0.820. The minimum absolute atomic E-state index is 0.140. The molecular formula is C24H45NO5S. The third-order valence-corrected chi connectivity index (χ3v) is 7.46. The predicted octanol–water partition coefficient (Wildman–Crippen LogP) is 6.04. The number of rotatable bonds is 10. The number of carbonyl (C=O) groups is 1. The summed E-state index contributed by atoms with van der Waals surface area (Å²) < 4.78 is 34.8. The van der Waals surface area contributed by atoms with Gasteiger partial charge in [0, 0.05) is 12.1 Å². The fraction of sp³-hybridized carbons (Fsp3) is 0.958. The van der Waals surface area contributed by atoms with Crippen molar-refractivity contribution < 1.29 is 22.1 Å². The van der Waals surface area contributed by atoms with Gasteiger partial charge >= 0.3 is 6.09 Å². The van der Waals surface area contributed by atoms with Gasteiger partial charge in [-0.3, -0.25) is 4.18 Å². The maximum absolute atomic E-state index is 13.0. The number of ether oxygens (including phenoxy) is 1. The quantitative estimate of drug-likeness (QED) is 0.294. The molecule has 1 aliphatic carbocycles. The molecule has 1 heterocycles. The van der Waals surface area contributed by atoms with Crippen LogP contribution in [-0.4, -0.2) is 49.5 Å². The second-order valence-corrected chi connectivity index (χ2v) is 12.2. The van der Waals surface area contributed by atoms with Gasteiger partial charge in [0.25, 0.3) is 10.1 Å². The van der Waals surface area contributed by atoms with Crippen molar-refractivity contribution in [2.75, 3.05) is 12.8 Å². The highest BCUT2D eigenvalue weighted by molar-refractivity contribution is 7.86. The van der Waals surface area contributed by atoms with Gasteiger partial charge in [0.05, 0.1) is 12.4 Å². The van der Waals surface area contributed by atoms with E-state index in [-0.39, 0.29) is 17.7 Å². The van der Waals surface area contributed by atoms with Crippen molar-refractivity contribution in [3.63, 3.8) is 0 Å². The van der Waals surface area contributed by atoms with E-state index >= 15 is 0 Å². The Labute approximate surface area is 190 Å². The average molecular weight is 460 g/mol. The molecule has 2 rings (SSSR count). The normalized spacial score (nSPS) is 25.7. The molecule has 2 aliphatic rings. The molecule has 2 fully saturated rings. The molecule has 1 saturated carbocycles. The molecule has 7 heteroatoms. The number of hydrogen-bond donors (Lipinski definition) is 0. The van der Waals surface area contributed by atoms with Crippen LogP contribution >= 0.6 is 0 Å². The van der Waals surface area contributed by atoms with Crippen molar-refractivity contribution in [2.24, 2.45) is 5.92 Å². The summed E-state index contributed by atoms with van der Waals surface area (Å²) in [7, 11) is -3.48. The summed E-state index contributed by atoms with van der Waals surface area (Å²) in [5, 5.41) is 0. The van der Waals surface area contributed by atoms with Crippen LogP contribution in [0.3, 0.4) is 0 Å². The van der Waals surface area contributed by atoms with Gasteiger partial charge in [-0.25, -0.2) is 4.79 Å². The molecule has 0 aromatic heterocycles. The summed E-state index contributed by atoms with van der Waals surface area (Å²) in [6, 6.07) is 0. The van der Waals surface area contributed by atoms with E-state index in [9.17, 15) is 13.2 Å². The summed E-state index contributed by atoms with van der Waals surface area (Å²) in [6.45, 7) is 8.67. The maximum Gasteiger partial charge on any atom is 0.410 e. The molecule has 0 bridgehead atoms. The Morgan fingerprint density at radius 1 is 1.10 bits per heavy atom. The third-order valence-electron chi connectivity index (χ3n) is 6.84.